The quantitative estimate of drug-likeness (QED) is 0.926. The van der Waals surface area contributed by atoms with Crippen LogP contribution in [0.1, 0.15) is 24.9 Å². The van der Waals surface area contributed by atoms with Crippen molar-refractivity contribution in [3.63, 3.8) is 0 Å². The fourth-order valence-corrected chi connectivity index (χ4v) is 2.91. The molecular weight excluding hydrogens is 246 g/mol. The van der Waals surface area contributed by atoms with E-state index in [1.54, 1.807) is 0 Å². The van der Waals surface area contributed by atoms with Crippen LogP contribution >= 0.6 is 0 Å². The highest BCUT2D eigenvalue weighted by Crippen LogP contribution is 2.25. The van der Waals surface area contributed by atoms with Crippen molar-refractivity contribution in [2.75, 3.05) is 18.0 Å². The van der Waals surface area contributed by atoms with Gasteiger partial charge in [-0.1, -0.05) is 37.3 Å². The average Bonchev–Trinajstić information content (AvgIpc) is 2.56. The van der Waals surface area contributed by atoms with Gasteiger partial charge in [-0.3, -0.25) is 4.98 Å². The third-order valence-corrected chi connectivity index (χ3v) is 4.07. The number of aromatic nitrogens is 1. The molecule has 1 N–H and O–H groups in total. The van der Waals surface area contributed by atoms with Crippen molar-refractivity contribution in [3.8, 4) is 0 Å². The molecule has 2 unspecified atom stereocenters. The van der Waals surface area contributed by atoms with Crippen molar-refractivity contribution in [3.05, 3.63) is 60.4 Å². The van der Waals surface area contributed by atoms with Gasteiger partial charge in [-0.05, 0) is 24.1 Å². The van der Waals surface area contributed by atoms with E-state index in [4.69, 9.17) is 0 Å². The number of anilines is 1. The number of benzene rings is 1. The summed E-state index contributed by atoms with van der Waals surface area (Å²) in [4.78, 5) is 6.75. The van der Waals surface area contributed by atoms with Gasteiger partial charge in [-0.15, -0.1) is 0 Å². The highest BCUT2D eigenvalue weighted by Gasteiger charge is 2.27. The van der Waals surface area contributed by atoms with Gasteiger partial charge in [0.2, 0.25) is 0 Å². The molecule has 2 atom stereocenters. The zero-order chi connectivity index (χ0) is 13.8. The van der Waals surface area contributed by atoms with Crippen molar-refractivity contribution < 1.29 is 0 Å². The number of nitrogens with one attached hydrogen (secondary N) is 1. The smallest absolute Gasteiger partial charge is 0.0556 e. The molecule has 0 aliphatic carbocycles. The van der Waals surface area contributed by atoms with E-state index >= 15 is 0 Å². The molecule has 0 bridgehead atoms. The number of hydrogen-bond donors (Lipinski definition) is 1. The predicted molar refractivity (Wildman–Crippen MR) is 82.8 cm³/mol. The molecule has 3 nitrogen and oxygen atoms in total. The fraction of sp³-hybridized carbons (Fsp3) is 0.353. The summed E-state index contributed by atoms with van der Waals surface area (Å²) < 4.78 is 0. The molecular formula is C17H21N3. The maximum Gasteiger partial charge on any atom is 0.0556 e. The number of piperazine rings is 1. The Hall–Kier alpha value is -1.87. The van der Waals surface area contributed by atoms with E-state index in [1.165, 1.54) is 11.3 Å². The fourth-order valence-electron chi connectivity index (χ4n) is 2.91. The van der Waals surface area contributed by atoms with Gasteiger partial charge in [0.25, 0.3) is 0 Å². The van der Waals surface area contributed by atoms with Gasteiger partial charge in [-0.25, -0.2) is 0 Å². The van der Waals surface area contributed by atoms with Crippen molar-refractivity contribution >= 4 is 5.69 Å². The van der Waals surface area contributed by atoms with E-state index in [1.807, 2.05) is 18.5 Å². The van der Waals surface area contributed by atoms with Crippen molar-refractivity contribution in [1.29, 1.82) is 0 Å². The zero-order valence-electron chi connectivity index (χ0n) is 11.9. The number of nitrogens with zero attached hydrogens (tertiary/aromatic N) is 2. The molecule has 1 aliphatic heterocycles. The molecule has 1 aromatic carbocycles. The summed E-state index contributed by atoms with van der Waals surface area (Å²) in [6.45, 7) is 4.26. The lowest BCUT2D eigenvalue weighted by Gasteiger charge is -2.41. The molecule has 104 valence electrons. The van der Waals surface area contributed by atoms with Crippen molar-refractivity contribution in [2.24, 2.45) is 0 Å². The van der Waals surface area contributed by atoms with E-state index in [2.05, 4.69) is 58.5 Å². The van der Waals surface area contributed by atoms with Gasteiger partial charge in [-0.2, -0.15) is 0 Å². The monoisotopic (exact) mass is 267 g/mol. The zero-order valence-corrected chi connectivity index (χ0v) is 11.9. The van der Waals surface area contributed by atoms with Crippen LogP contribution in [-0.4, -0.2) is 24.1 Å². The minimum Gasteiger partial charge on any atom is -0.364 e. The second kappa shape index (κ2) is 6.06. The van der Waals surface area contributed by atoms with Crippen LogP contribution in [0.5, 0.6) is 0 Å². The summed E-state index contributed by atoms with van der Waals surface area (Å²) in [6.07, 6.45) is 4.95. The van der Waals surface area contributed by atoms with Crippen LogP contribution < -0.4 is 10.2 Å². The molecule has 0 radical (unpaired) electrons. The Morgan fingerprint density at radius 2 is 2.05 bits per heavy atom. The van der Waals surface area contributed by atoms with E-state index in [9.17, 15) is 0 Å². The Balaban J connectivity index is 1.83. The molecule has 20 heavy (non-hydrogen) atoms. The lowest BCUT2D eigenvalue weighted by molar-refractivity contribution is 0.392. The molecule has 3 rings (SSSR count). The van der Waals surface area contributed by atoms with Crippen LogP contribution in [0.4, 0.5) is 5.69 Å². The molecule has 1 saturated heterocycles. The number of hydrogen-bond acceptors (Lipinski definition) is 3. The summed E-state index contributed by atoms with van der Waals surface area (Å²) in [5.74, 6) is 0. The van der Waals surface area contributed by atoms with Gasteiger partial charge in [0.15, 0.2) is 0 Å². The largest absolute Gasteiger partial charge is 0.364 e. The third kappa shape index (κ3) is 2.68. The van der Waals surface area contributed by atoms with Gasteiger partial charge >= 0.3 is 0 Å². The number of pyridine rings is 1. The Morgan fingerprint density at radius 1 is 1.20 bits per heavy atom. The first kappa shape index (κ1) is 13.1. The minimum atomic E-state index is 0.388. The van der Waals surface area contributed by atoms with Gasteiger partial charge < -0.3 is 10.2 Å². The van der Waals surface area contributed by atoms with Crippen LogP contribution in [-0.2, 0) is 0 Å². The van der Waals surface area contributed by atoms with Crippen molar-refractivity contribution in [1.82, 2.24) is 10.3 Å². The highest BCUT2D eigenvalue weighted by atomic mass is 15.2. The Kier molecular flexibility index (Phi) is 3.97. The van der Waals surface area contributed by atoms with Crippen LogP contribution in [0.15, 0.2) is 54.9 Å². The number of rotatable bonds is 3. The average molecular weight is 267 g/mol. The standard InChI is InChI=1S/C17H21N3/c1-2-15-12-19-17(14-7-4-3-5-8-14)13-20(15)16-9-6-10-18-11-16/h3-11,15,17,19H,2,12-13H2,1H3. The molecule has 0 saturated carbocycles. The maximum absolute atomic E-state index is 4.26. The lowest BCUT2D eigenvalue weighted by atomic mass is 10.00. The third-order valence-electron chi connectivity index (χ3n) is 4.07. The van der Waals surface area contributed by atoms with Gasteiger partial charge in [0, 0.05) is 31.4 Å². The van der Waals surface area contributed by atoms with E-state index in [0.717, 1.165) is 19.5 Å². The second-order valence-corrected chi connectivity index (χ2v) is 5.30. The molecule has 0 spiro atoms. The molecule has 3 heteroatoms. The second-order valence-electron chi connectivity index (χ2n) is 5.30. The Bertz CT molecular complexity index is 526. The van der Waals surface area contributed by atoms with Gasteiger partial charge in [0.05, 0.1) is 11.9 Å². The van der Waals surface area contributed by atoms with Crippen LogP contribution in [0.3, 0.4) is 0 Å². The van der Waals surface area contributed by atoms with E-state index in [0.29, 0.717) is 12.1 Å². The van der Waals surface area contributed by atoms with E-state index < -0.39 is 0 Å². The van der Waals surface area contributed by atoms with Crippen LogP contribution in [0.25, 0.3) is 0 Å². The topological polar surface area (TPSA) is 28.2 Å². The van der Waals surface area contributed by atoms with Crippen LogP contribution in [0.2, 0.25) is 0 Å². The van der Waals surface area contributed by atoms with E-state index in [-0.39, 0.29) is 0 Å². The summed E-state index contributed by atoms with van der Waals surface area (Å²) >= 11 is 0. The van der Waals surface area contributed by atoms with Crippen molar-refractivity contribution in [2.45, 2.75) is 25.4 Å². The molecule has 2 heterocycles. The molecule has 1 aromatic heterocycles. The first-order valence-electron chi connectivity index (χ1n) is 7.33. The normalized spacial score (nSPS) is 22.8. The summed E-state index contributed by atoms with van der Waals surface area (Å²) in [6, 6.07) is 15.8. The molecule has 1 fully saturated rings. The molecule has 0 amide bonds. The highest BCUT2D eigenvalue weighted by molar-refractivity contribution is 5.46. The minimum absolute atomic E-state index is 0.388. The summed E-state index contributed by atoms with van der Waals surface area (Å²) in [5.41, 5.74) is 2.58. The SMILES string of the molecule is CCC1CNC(c2ccccc2)CN1c1cccnc1. The first-order chi connectivity index (χ1) is 9.88. The molecule has 2 aromatic rings. The summed E-state index contributed by atoms with van der Waals surface area (Å²) in [7, 11) is 0. The Labute approximate surface area is 120 Å². The first-order valence-corrected chi connectivity index (χ1v) is 7.33. The van der Waals surface area contributed by atoms with Gasteiger partial charge in [0.1, 0.15) is 0 Å². The molecule has 1 aliphatic rings. The lowest BCUT2D eigenvalue weighted by Crippen LogP contribution is -2.52. The van der Waals surface area contributed by atoms with Crippen LogP contribution in [0, 0.1) is 0 Å². The maximum atomic E-state index is 4.26. The summed E-state index contributed by atoms with van der Waals surface area (Å²) in [5, 5.41) is 3.67. The predicted octanol–water partition coefficient (Wildman–Crippen LogP) is 3.01. The Morgan fingerprint density at radius 3 is 2.75 bits per heavy atom.